The summed E-state index contributed by atoms with van der Waals surface area (Å²) < 4.78 is 0.994. The van der Waals surface area contributed by atoms with Crippen molar-refractivity contribution in [3.63, 3.8) is 0 Å². The Bertz CT molecular complexity index is 705. The minimum atomic E-state index is 0.00266. The molecule has 1 aliphatic heterocycles. The second-order valence-electron chi connectivity index (χ2n) is 4.56. The third-order valence-electron chi connectivity index (χ3n) is 3.39. The highest BCUT2D eigenvalue weighted by atomic mass is 79.9. The van der Waals surface area contributed by atoms with Crippen LogP contribution in [0.5, 0.6) is 0 Å². The zero-order chi connectivity index (χ0) is 13.4. The minimum absolute atomic E-state index is 0.00266. The van der Waals surface area contributed by atoms with Crippen molar-refractivity contribution in [3.8, 4) is 12.3 Å². The van der Waals surface area contributed by atoms with E-state index in [4.69, 9.17) is 6.42 Å². The minimum Gasteiger partial charge on any atom is -0.310 e. The number of hydrogen-bond donors (Lipinski definition) is 0. The summed E-state index contributed by atoms with van der Waals surface area (Å²) in [6, 6.07) is 5.82. The second-order valence-corrected chi connectivity index (χ2v) is 5.41. The lowest BCUT2D eigenvalue weighted by Crippen LogP contribution is -2.24. The van der Waals surface area contributed by atoms with Gasteiger partial charge in [0, 0.05) is 46.5 Å². The number of hydrogen-bond acceptors (Lipinski definition) is 2. The Morgan fingerprint density at radius 3 is 2.95 bits per heavy atom. The number of fused-ring (bicyclic) bond motifs is 1. The van der Waals surface area contributed by atoms with Crippen molar-refractivity contribution in [1.29, 1.82) is 0 Å². The van der Waals surface area contributed by atoms with Crippen LogP contribution in [0, 0.1) is 18.3 Å². The summed E-state index contributed by atoms with van der Waals surface area (Å²) in [4.78, 5) is 18.0. The highest BCUT2D eigenvalue weighted by Gasteiger charge is 2.30. The summed E-state index contributed by atoms with van der Waals surface area (Å²) in [5.41, 5.74) is 0.883. The maximum atomic E-state index is 12.1. The Balaban J connectivity index is 2.14. The maximum Gasteiger partial charge on any atom is 0.228 e. The molecule has 1 saturated heterocycles. The van der Waals surface area contributed by atoms with Crippen LogP contribution in [-0.2, 0) is 4.79 Å². The van der Waals surface area contributed by atoms with Crippen LogP contribution < -0.4 is 4.90 Å². The van der Waals surface area contributed by atoms with Gasteiger partial charge in [0.2, 0.25) is 5.91 Å². The molecule has 0 N–H and O–H groups in total. The molecule has 2 aromatic rings. The van der Waals surface area contributed by atoms with Crippen LogP contribution in [0.1, 0.15) is 6.42 Å². The molecule has 1 aliphatic rings. The van der Waals surface area contributed by atoms with Gasteiger partial charge in [-0.25, -0.2) is 0 Å². The van der Waals surface area contributed by atoms with Crippen molar-refractivity contribution < 1.29 is 4.79 Å². The molecule has 0 saturated carbocycles. The van der Waals surface area contributed by atoms with Gasteiger partial charge in [-0.05, 0) is 18.2 Å². The lowest BCUT2D eigenvalue weighted by atomic mass is 10.1. The number of halogens is 1. The fourth-order valence-electron chi connectivity index (χ4n) is 2.43. The molecule has 0 bridgehead atoms. The molecule has 1 aromatic heterocycles. The molecule has 0 spiro atoms. The lowest BCUT2D eigenvalue weighted by molar-refractivity contribution is -0.117. The summed E-state index contributed by atoms with van der Waals surface area (Å²) in [5, 5.41) is 2.01. The standard InChI is InChI=1S/C15H11BrN2O/c1-2-10-7-15(19)18(9-10)14-4-3-13(16)11-5-6-17-8-12(11)14/h1,3-6,8,10H,7,9H2. The molecule has 0 radical (unpaired) electrons. The average Bonchev–Trinajstić information content (AvgIpc) is 2.81. The number of carbonyl (C=O) groups excluding carboxylic acids is 1. The number of amides is 1. The molecule has 1 amide bonds. The molecule has 1 fully saturated rings. The quantitative estimate of drug-likeness (QED) is 0.758. The molecule has 94 valence electrons. The Morgan fingerprint density at radius 1 is 1.37 bits per heavy atom. The van der Waals surface area contributed by atoms with Gasteiger partial charge in [0.05, 0.1) is 5.69 Å². The van der Waals surface area contributed by atoms with Gasteiger partial charge in [-0.3, -0.25) is 9.78 Å². The van der Waals surface area contributed by atoms with Crippen LogP contribution in [0.25, 0.3) is 10.8 Å². The molecule has 19 heavy (non-hydrogen) atoms. The SMILES string of the molecule is C#CC1CC(=O)N(c2ccc(Br)c3ccncc23)C1. The molecule has 0 aliphatic carbocycles. The van der Waals surface area contributed by atoms with E-state index < -0.39 is 0 Å². The molecule has 1 aromatic carbocycles. The first-order chi connectivity index (χ1) is 9.20. The molecule has 3 rings (SSSR count). The van der Waals surface area contributed by atoms with Crippen LogP contribution in [0.15, 0.2) is 35.1 Å². The van der Waals surface area contributed by atoms with Gasteiger partial charge in [0.15, 0.2) is 0 Å². The molecule has 2 heterocycles. The van der Waals surface area contributed by atoms with Crippen molar-refractivity contribution in [2.75, 3.05) is 11.4 Å². The third-order valence-corrected chi connectivity index (χ3v) is 4.08. The Hall–Kier alpha value is -1.86. The van der Waals surface area contributed by atoms with Gasteiger partial charge < -0.3 is 4.90 Å². The number of carbonyl (C=O) groups is 1. The van der Waals surface area contributed by atoms with Crippen LogP contribution >= 0.6 is 15.9 Å². The van der Waals surface area contributed by atoms with E-state index in [0.29, 0.717) is 13.0 Å². The van der Waals surface area contributed by atoms with Crippen LogP contribution in [0.4, 0.5) is 5.69 Å². The zero-order valence-electron chi connectivity index (χ0n) is 10.1. The molecule has 1 atom stereocenters. The number of aromatic nitrogens is 1. The first-order valence-electron chi connectivity index (χ1n) is 5.99. The number of rotatable bonds is 1. The van der Waals surface area contributed by atoms with E-state index in [-0.39, 0.29) is 11.8 Å². The number of terminal acetylenes is 1. The van der Waals surface area contributed by atoms with Gasteiger partial charge >= 0.3 is 0 Å². The van der Waals surface area contributed by atoms with Crippen molar-refractivity contribution in [3.05, 3.63) is 35.1 Å². The van der Waals surface area contributed by atoms with Gasteiger partial charge in [0.25, 0.3) is 0 Å². The monoisotopic (exact) mass is 314 g/mol. The van der Waals surface area contributed by atoms with Gasteiger partial charge in [-0.2, -0.15) is 0 Å². The predicted molar refractivity (Wildman–Crippen MR) is 78.7 cm³/mol. The molecule has 3 nitrogen and oxygen atoms in total. The second kappa shape index (κ2) is 4.67. The summed E-state index contributed by atoms with van der Waals surface area (Å²) >= 11 is 3.52. The number of pyridine rings is 1. The maximum absolute atomic E-state index is 12.1. The van der Waals surface area contributed by atoms with E-state index in [1.165, 1.54) is 0 Å². The van der Waals surface area contributed by atoms with E-state index in [0.717, 1.165) is 20.9 Å². The van der Waals surface area contributed by atoms with Gasteiger partial charge in [0.1, 0.15) is 0 Å². The molecular weight excluding hydrogens is 304 g/mol. The van der Waals surface area contributed by atoms with Crippen LogP contribution in [0.3, 0.4) is 0 Å². The largest absolute Gasteiger partial charge is 0.310 e. The van der Waals surface area contributed by atoms with Crippen LogP contribution in [0.2, 0.25) is 0 Å². The normalized spacial score (nSPS) is 18.8. The zero-order valence-corrected chi connectivity index (χ0v) is 11.7. The average molecular weight is 315 g/mol. The molecule has 4 heteroatoms. The fourth-order valence-corrected chi connectivity index (χ4v) is 2.90. The molecule has 1 unspecified atom stereocenters. The smallest absolute Gasteiger partial charge is 0.228 e. The van der Waals surface area contributed by atoms with Crippen molar-refractivity contribution >= 4 is 38.3 Å². The number of benzene rings is 1. The Kier molecular flexibility index (Phi) is 3.00. The van der Waals surface area contributed by atoms with E-state index in [1.54, 1.807) is 17.3 Å². The third kappa shape index (κ3) is 2.00. The highest BCUT2D eigenvalue weighted by molar-refractivity contribution is 9.10. The van der Waals surface area contributed by atoms with Crippen molar-refractivity contribution in [1.82, 2.24) is 4.98 Å². The topological polar surface area (TPSA) is 33.2 Å². The van der Waals surface area contributed by atoms with E-state index in [9.17, 15) is 4.79 Å². The van der Waals surface area contributed by atoms with E-state index >= 15 is 0 Å². The number of nitrogens with zero attached hydrogens (tertiary/aromatic N) is 2. The van der Waals surface area contributed by atoms with E-state index in [1.807, 2.05) is 18.2 Å². The summed E-state index contributed by atoms with van der Waals surface area (Å²) in [6.45, 7) is 0.584. The summed E-state index contributed by atoms with van der Waals surface area (Å²) in [5.74, 6) is 2.75. The van der Waals surface area contributed by atoms with E-state index in [2.05, 4.69) is 26.8 Å². The van der Waals surface area contributed by atoms with Crippen molar-refractivity contribution in [2.45, 2.75) is 6.42 Å². The van der Waals surface area contributed by atoms with Gasteiger partial charge in [-0.15, -0.1) is 12.3 Å². The number of anilines is 1. The van der Waals surface area contributed by atoms with Gasteiger partial charge in [-0.1, -0.05) is 15.9 Å². The van der Waals surface area contributed by atoms with Crippen LogP contribution in [-0.4, -0.2) is 17.4 Å². The predicted octanol–water partition coefficient (Wildman–Crippen LogP) is 2.98. The first-order valence-corrected chi connectivity index (χ1v) is 6.78. The lowest BCUT2D eigenvalue weighted by Gasteiger charge is -2.18. The molecular formula is C15H11BrN2O. The Labute approximate surface area is 119 Å². The summed E-state index contributed by atoms with van der Waals surface area (Å²) in [6.07, 6.45) is 9.38. The fraction of sp³-hybridized carbons (Fsp3) is 0.200. The highest BCUT2D eigenvalue weighted by Crippen LogP contribution is 2.34. The summed E-state index contributed by atoms with van der Waals surface area (Å²) in [7, 11) is 0. The van der Waals surface area contributed by atoms with Crippen molar-refractivity contribution in [2.24, 2.45) is 5.92 Å². The Morgan fingerprint density at radius 2 is 2.21 bits per heavy atom. The first kappa shape index (κ1) is 12.2.